The van der Waals surface area contributed by atoms with E-state index in [4.69, 9.17) is 10.5 Å². The molecule has 0 saturated carbocycles. The van der Waals surface area contributed by atoms with Gasteiger partial charge >= 0.3 is 5.97 Å². The Bertz CT molecular complexity index is 512. The molecule has 1 aromatic carbocycles. The molecule has 0 amide bonds. The summed E-state index contributed by atoms with van der Waals surface area (Å²) in [5.41, 5.74) is 6.32. The zero-order valence-corrected chi connectivity index (χ0v) is 12.1. The van der Waals surface area contributed by atoms with E-state index >= 15 is 0 Å². The van der Waals surface area contributed by atoms with Crippen LogP contribution in [-0.2, 0) is 15.3 Å². The van der Waals surface area contributed by atoms with Gasteiger partial charge in [0.05, 0.1) is 9.83 Å². The molecule has 0 aliphatic heterocycles. The van der Waals surface area contributed by atoms with Gasteiger partial charge in [0.2, 0.25) is 0 Å². The van der Waals surface area contributed by atoms with Gasteiger partial charge in [0.15, 0.2) is 0 Å². The van der Waals surface area contributed by atoms with Crippen LogP contribution in [0.5, 0.6) is 0 Å². The molecule has 1 aromatic rings. The predicted molar refractivity (Wildman–Crippen MR) is 77.9 cm³/mol. The number of allylic oxidation sites excluding steroid dienone is 1. The summed E-state index contributed by atoms with van der Waals surface area (Å²) in [4.78, 5) is 22.2. The monoisotopic (exact) mass is 296 g/mol. The van der Waals surface area contributed by atoms with Gasteiger partial charge < -0.3 is 4.74 Å². The minimum absolute atomic E-state index is 0.0429. The molecule has 0 aliphatic rings. The Morgan fingerprint density at radius 2 is 2.10 bits per heavy atom. The molecule has 0 fully saturated rings. The molecule has 1 rings (SSSR count). The Morgan fingerprint density at radius 1 is 1.50 bits per heavy atom. The van der Waals surface area contributed by atoms with Crippen molar-refractivity contribution in [2.24, 2.45) is 5.73 Å². The van der Waals surface area contributed by atoms with Crippen molar-refractivity contribution in [3.63, 3.8) is 0 Å². The van der Waals surface area contributed by atoms with Crippen molar-refractivity contribution in [2.75, 3.05) is 0 Å². The van der Waals surface area contributed by atoms with Crippen molar-refractivity contribution in [3.8, 4) is 0 Å². The van der Waals surface area contributed by atoms with Gasteiger partial charge in [-0.15, -0.1) is 11.8 Å². The van der Waals surface area contributed by atoms with Gasteiger partial charge in [0.25, 0.3) is 5.69 Å². The maximum absolute atomic E-state index is 11.7. The molecule has 0 saturated heterocycles. The van der Waals surface area contributed by atoms with Crippen LogP contribution in [0.25, 0.3) is 0 Å². The second-order valence-electron chi connectivity index (χ2n) is 3.98. The van der Waals surface area contributed by atoms with E-state index in [0.29, 0.717) is 10.7 Å². The van der Waals surface area contributed by atoms with Crippen LogP contribution in [0.15, 0.2) is 35.2 Å². The molecule has 0 heterocycles. The number of hydrogen-bond donors (Lipinski definition) is 1. The van der Waals surface area contributed by atoms with Crippen molar-refractivity contribution < 1.29 is 14.5 Å². The molecule has 0 bridgehead atoms. The fraction of sp³-hybridized carbons (Fsp3) is 0.308. The van der Waals surface area contributed by atoms with Crippen LogP contribution in [0.3, 0.4) is 0 Å². The van der Waals surface area contributed by atoms with Crippen LogP contribution in [0, 0.1) is 10.1 Å². The second kappa shape index (κ2) is 7.66. The number of thioether (sulfide) groups is 1. The number of hydrogen-bond acceptors (Lipinski definition) is 6. The molecule has 108 valence electrons. The lowest BCUT2D eigenvalue weighted by Gasteiger charge is -2.10. The van der Waals surface area contributed by atoms with Crippen LogP contribution in [-0.4, -0.2) is 17.1 Å². The van der Waals surface area contributed by atoms with E-state index in [1.165, 1.54) is 23.9 Å². The van der Waals surface area contributed by atoms with Crippen LogP contribution < -0.4 is 5.73 Å². The van der Waals surface area contributed by atoms with Crippen molar-refractivity contribution in [3.05, 3.63) is 50.9 Å². The number of nitrogens with two attached hydrogens (primary N) is 1. The van der Waals surface area contributed by atoms with E-state index in [9.17, 15) is 14.9 Å². The van der Waals surface area contributed by atoms with Gasteiger partial charge in [-0.2, -0.15) is 0 Å². The number of rotatable bonds is 6. The standard InChI is InChI=1S/C13H16N2O4S/c1-3-12(13(16)19-9(2)14)20-8-10-4-6-11(7-5-10)15(17)18/h3-7,9H,8,14H2,1-2H3/b12-3-. The normalized spacial score (nSPS) is 12.8. The summed E-state index contributed by atoms with van der Waals surface area (Å²) in [6.07, 6.45) is 0.998. The number of nitrogens with zero attached hydrogens (tertiary/aromatic N) is 1. The quantitative estimate of drug-likeness (QED) is 0.285. The lowest BCUT2D eigenvalue weighted by Crippen LogP contribution is -2.23. The highest BCUT2D eigenvalue weighted by Gasteiger charge is 2.13. The third-order valence-corrected chi connectivity index (χ3v) is 3.49. The smallest absolute Gasteiger partial charge is 0.345 e. The summed E-state index contributed by atoms with van der Waals surface area (Å²) in [7, 11) is 0. The Labute approximate surface area is 121 Å². The summed E-state index contributed by atoms with van der Waals surface area (Å²) < 4.78 is 4.90. The molecule has 0 aromatic heterocycles. The van der Waals surface area contributed by atoms with Crippen molar-refractivity contribution in [2.45, 2.75) is 25.8 Å². The lowest BCUT2D eigenvalue weighted by molar-refractivity contribution is -0.384. The fourth-order valence-electron chi connectivity index (χ4n) is 1.36. The number of carbonyl (C=O) groups is 1. The minimum Gasteiger partial charge on any atom is -0.443 e. The summed E-state index contributed by atoms with van der Waals surface area (Å²) in [6, 6.07) is 6.20. The first kappa shape index (κ1) is 16.2. The van der Waals surface area contributed by atoms with E-state index in [2.05, 4.69) is 0 Å². The first-order valence-corrected chi connectivity index (χ1v) is 6.91. The molecule has 20 heavy (non-hydrogen) atoms. The van der Waals surface area contributed by atoms with E-state index < -0.39 is 17.1 Å². The molecular weight excluding hydrogens is 280 g/mol. The third-order valence-electron chi connectivity index (χ3n) is 2.30. The summed E-state index contributed by atoms with van der Waals surface area (Å²) >= 11 is 1.30. The second-order valence-corrected chi connectivity index (χ2v) is 4.99. The highest BCUT2D eigenvalue weighted by Crippen LogP contribution is 2.23. The number of ether oxygens (including phenoxy) is 1. The number of nitro benzene ring substituents is 1. The van der Waals surface area contributed by atoms with Crippen LogP contribution >= 0.6 is 11.8 Å². The number of benzene rings is 1. The maximum Gasteiger partial charge on any atom is 0.345 e. The fourth-order valence-corrected chi connectivity index (χ4v) is 2.21. The van der Waals surface area contributed by atoms with Crippen molar-refractivity contribution >= 4 is 23.4 Å². The molecule has 2 N–H and O–H groups in total. The molecule has 7 heteroatoms. The zero-order chi connectivity index (χ0) is 15.1. The summed E-state index contributed by atoms with van der Waals surface area (Å²) in [6.45, 7) is 3.31. The van der Waals surface area contributed by atoms with Crippen LogP contribution in [0.2, 0.25) is 0 Å². The van der Waals surface area contributed by atoms with Gasteiger partial charge in [0, 0.05) is 17.9 Å². The highest BCUT2D eigenvalue weighted by atomic mass is 32.2. The highest BCUT2D eigenvalue weighted by molar-refractivity contribution is 8.03. The molecule has 0 spiro atoms. The Morgan fingerprint density at radius 3 is 2.55 bits per heavy atom. The molecule has 0 radical (unpaired) electrons. The minimum atomic E-state index is -0.655. The third kappa shape index (κ3) is 5.02. The van der Waals surface area contributed by atoms with Gasteiger partial charge in [0.1, 0.15) is 6.23 Å². The van der Waals surface area contributed by atoms with Gasteiger partial charge in [-0.3, -0.25) is 15.8 Å². The average Bonchev–Trinajstić information content (AvgIpc) is 2.39. The number of non-ortho nitro benzene ring substituents is 1. The van der Waals surface area contributed by atoms with Gasteiger partial charge in [-0.05, 0) is 19.4 Å². The van der Waals surface area contributed by atoms with Crippen LogP contribution in [0.4, 0.5) is 5.69 Å². The number of carbonyl (C=O) groups excluding carboxylic acids is 1. The maximum atomic E-state index is 11.7. The topological polar surface area (TPSA) is 95.5 Å². The molecule has 6 nitrogen and oxygen atoms in total. The van der Waals surface area contributed by atoms with Crippen molar-refractivity contribution in [1.82, 2.24) is 0 Å². The molecule has 1 unspecified atom stereocenters. The first-order valence-electron chi connectivity index (χ1n) is 5.93. The van der Waals surface area contributed by atoms with E-state index in [1.807, 2.05) is 0 Å². The molecule has 1 atom stereocenters. The number of esters is 1. The number of nitro groups is 1. The zero-order valence-electron chi connectivity index (χ0n) is 11.2. The summed E-state index contributed by atoms with van der Waals surface area (Å²) in [5.74, 6) is 0.0561. The first-order chi connectivity index (χ1) is 9.43. The largest absolute Gasteiger partial charge is 0.443 e. The Balaban J connectivity index is 2.61. The SMILES string of the molecule is C/C=C(\SCc1ccc([N+](=O)[O-])cc1)C(=O)OC(C)N. The molecular formula is C13H16N2O4S. The van der Waals surface area contributed by atoms with Gasteiger partial charge in [-0.25, -0.2) is 4.79 Å². The summed E-state index contributed by atoms with van der Waals surface area (Å²) in [5, 5.41) is 10.5. The van der Waals surface area contributed by atoms with Gasteiger partial charge in [-0.1, -0.05) is 18.2 Å². The Kier molecular flexibility index (Phi) is 6.20. The molecule has 0 aliphatic carbocycles. The van der Waals surface area contributed by atoms with E-state index in [0.717, 1.165) is 5.56 Å². The lowest BCUT2D eigenvalue weighted by atomic mass is 10.2. The predicted octanol–water partition coefficient (Wildman–Crippen LogP) is 2.58. The van der Waals surface area contributed by atoms with Crippen LogP contribution in [0.1, 0.15) is 19.4 Å². The van der Waals surface area contributed by atoms with Crippen molar-refractivity contribution in [1.29, 1.82) is 0 Å². The average molecular weight is 296 g/mol. The van der Waals surface area contributed by atoms with E-state index in [-0.39, 0.29) is 5.69 Å². The Hall–Kier alpha value is -1.86. The van der Waals surface area contributed by atoms with E-state index in [1.54, 1.807) is 32.1 Å².